The minimum absolute atomic E-state index is 0.0287. The van der Waals surface area contributed by atoms with Crippen LogP contribution in [0.1, 0.15) is 41.4 Å². The van der Waals surface area contributed by atoms with Gasteiger partial charge in [-0.1, -0.05) is 23.9 Å². The van der Waals surface area contributed by atoms with Gasteiger partial charge in [0, 0.05) is 42.7 Å². The number of carbonyl (C=O) groups is 1. The number of nitrogens with one attached hydrogen (secondary N) is 1. The third-order valence-electron chi connectivity index (χ3n) is 4.17. The van der Waals surface area contributed by atoms with Gasteiger partial charge in [0.1, 0.15) is 5.82 Å². The highest BCUT2D eigenvalue weighted by atomic mass is 32.2. The van der Waals surface area contributed by atoms with Crippen LogP contribution in [-0.4, -0.2) is 35.5 Å². The number of hydrogen-bond acceptors (Lipinski definition) is 5. The topological polar surface area (TPSA) is 58.1 Å². The molecule has 0 spiro atoms. The highest BCUT2D eigenvalue weighted by Gasteiger charge is 2.15. The van der Waals surface area contributed by atoms with E-state index in [0.29, 0.717) is 12.1 Å². The van der Waals surface area contributed by atoms with Crippen LogP contribution in [-0.2, 0) is 5.75 Å². The average Bonchev–Trinajstić information content (AvgIpc) is 3.15. The lowest BCUT2D eigenvalue weighted by Crippen LogP contribution is -2.22. The molecule has 0 bridgehead atoms. The van der Waals surface area contributed by atoms with E-state index >= 15 is 0 Å². The molecule has 0 atom stereocenters. The Morgan fingerprint density at radius 3 is 2.60 bits per heavy atom. The van der Waals surface area contributed by atoms with Crippen LogP contribution in [0.15, 0.2) is 35.5 Å². The normalized spacial score (nSPS) is 13.9. The molecule has 2 heterocycles. The molecule has 1 aliphatic rings. The summed E-state index contributed by atoms with van der Waals surface area (Å²) < 4.78 is 0. The van der Waals surface area contributed by atoms with E-state index in [1.165, 1.54) is 12.8 Å². The lowest BCUT2D eigenvalue weighted by molar-refractivity contribution is 0.0956. The number of anilines is 1. The molecule has 1 aromatic heterocycles. The Labute approximate surface area is 153 Å². The van der Waals surface area contributed by atoms with Gasteiger partial charge in [0.2, 0.25) is 0 Å². The summed E-state index contributed by atoms with van der Waals surface area (Å²) in [4.78, 5) is 23.4. The first-order valence-electron chi connectivity index (χ1n) is 8.76. The minimum Gasteiger partial charge on any atom is -0.356 e. The van der Waals surface area contributed by atoms with Gasteiger partial charge < -0.3 is 10.2 Å². The van der Waals surface area contributed by atoms with E-state index in [2.05, 4.69) is 21.3 Å². The Morgan fingerprint density at radius 2 is 1.92 bits per heavy atom. The second-order valence-electron chi connectivity index (χ2n) is 6.19. The van der Waals surface area contributed by atoms with Crippen molar-refractivity contribution < 1.29 is 4.79 Å². The van der Waals surface area contributed by atoms with Gasteiger partial charge in [-0.25, -0.2) is 9.97 Å². The van der Waals surface area contributed by atoms with Crippen molar-refractivity contribution in [3.63, 3.8) is 0 Å². The van der Waals surface area contributed by atoms with Crippen molar-refractivity contribution in [2.24, 2.45) is 0 Å². The van der Waals surface area contributed by atoms with Gasteiger partial charge in [0.25, 0.3) is 5.91 Å². The molecule has 5 nitrogen and oxygen atoms in total. The molecule has 6 heteroatoms. The fourth-order valence-electron chi connectivity index (χ4n) is 2.86. The van der Waals surface area contributed by atoms with Crippen molar-refractivity contribution >= 4 is 23.5 Å². The summed E-state index contributed by atoms with van der Waals surface area (Å²) >= 11 is 1.64. The molecule has 3 rings (SSSR count). The van der Waals surface area contributed by atoms with Crippen LogP contribution in [0, 0.1) is 6.92 Å². The minimum atomic E-state index is -0.0287. The van der Waals surface area contributed by atoms with E-state index in [-0.39, 0.29) is 5.91 Å². The van der Waals surface area contributed by atoms with Crippen molar-refractivity contribution in [3.05, 3.63) is 47.2 Å². The number of rotatable bonds is 6. The summed E-state index contributed by atoms with van der Waals surface area (Å²) in [5, 5.41) is 3.62. The van der Waals surface area contributed by atoms with Gasteiger partial charge in [-0.2, -0.15) is 0 Å². The Hall–Kier alpha value is -2.08. The molecule has 1 aliphatic heterocycles. The third kappa shape index (κ3) is 4.72. The van der Waals surface area contributed by atoms with Crippen molar-refractivity contribution in [2.75, 3.05) is 24.5 Å². The summed E-state index contributed by atoms with van der Waals surface area (Å²) in [6, 6.07) is 9.79. The molecule has 0 radical (unpaired) electrons. The smallest absolute Gasteiger partial charge is 0.251 e. The molecule has 25 heavy (non-hydrogen) atoms. The number of aromatic nitrogens is 2. The molecule has 0 aliphatic carbocycles. The lowest BCUT2D eigenvalue weighted by Gasteiger charge is -2.17. The molecule has 1 amide bonds. The van der Waals surface area contributed by atoms with E-state index in [4.69, 9.17) is 4.98 Å². The van der Waals surface area contributed by atoms with Gasteiger partial charge >= 0.3 is 0 Å². The standard InChI is InChI=1S/C19H24N4OS/c1-3-20-18(24)16-8-6-15(7-9-16)13-25-19-21-14(2)12-17(22-19)23-10-4-5-11-23/h6-9,12H,3-5,10-11,13H2,1-2H3,(H,20,24). The first-order valence-corrected chi connectivity index (χ1v) is 9.75. The molecule has 1 saturated heterocycles. The van der Waals surface area contributed by atoms with Crippen molar-refractivity contribution in [1.82, 2.24) is 15.3 Å². The summed E-state index contributed by atoms with van der Waals surface area (Å²) in [6.45, 7) is 6.75. The molecule has 2 aromatic rings. The van der Waals surface area contributed by atoms with Crippen molar-refractivity contribution in [2.45, 2.75) is 37.6 Å². The molecular weight excluding hydrogens is 332 g/mol. The van der Waals surface area contributed by atoms with Crippen molar-refractivity contribution in [1.29, 1.82) is 0 Å². The maximum Gasteiger partial charge on any atom is 0.251 e. The van der Waals surface area contributed by atoms with Gasteiger partial charge in [0.05, 0.1) is 0 Å². The molecule has 1 fully saturated rings. The molecule has 132 valence electrons. The predicted octanol–water partition coefficient (Wildman–Crippen LogP) is 3.43. The maximum atomic E-state index is 11.8. The summed E-state index contributed by atoms with van der Waals surface area (Å²) in [5.74, 6) is 1.80. The number of thioether (sulfide) groups is 1. The highest BCUT2D eigenvalue weighted by molar-refractivity contribution is 7.98. The second kappa shape index (κ2) is 8.34. The highest BCUT2D eigenvalue weighted by Crippen LogP contribution is 2.24. The Morgan fingerprint density at radius 1 is 1.20 bits per heavy atom. The summed E-state index contributed by atoms with van der Waals surface area (Å²) in [5.41, 5.74) is 2.86. The zero-order valence-electron chi connectivity index (χ0n) is 14.8. The average molecular weight is 356 g/mol. The second-order valence-corrected chi connectivity index (χ2v) is 7.13. The van der Waals surface area contributed by atoms with Crippen molar-refractivity contribution in [3.8, 4) is 0 Å². The first kappa shape index (κ1) is 17.7. The van der Waals surface area contributed by atoms with Gasteiger partial charge in [-0.15, -0.1) is 0 Å². The van der Waals surface area contributed by atoms with Crippen LogP contribution in [0.25, 0.3) is 0 Å². The Kier molecular flexibility index (Phi) is 5.91. The van der Waals surface area contributed by atoms with Gasteiger partial charge in [-0.05, 0) is 44.4 Å². The van der Waals surface area contributed by atoms with Gasteiger partial charge in [-0.3, -0.25) is 4.79 Å². The van der Waals surface area contributed by atoms with Crippen LogP contribution < -0.4 is 10.2 Å². The van der Waals surface area contributed by atoms with Crippen LogP contribution in [0.2, 0.25) is 0 Å². The van der Waals surface area contributed by atoms with E-state index < -0.39 is 0 Å². The SMILES string of the molecule is CCNC(=O)c1ccc(CSc2nc(C)cc(N3CCCC3)n2)cc1. The molecule has 1 aromatic carbocycles. The molecule has 0 unspecified atom stereocenters. The van der Waals surface area contributed by atoms with E-state index in [0.717, 1.165) is 41.1 Å². The number of hydrogen-bond donors (Lipinski definition) is 1. The largest absolute Gasteiger partial charge is 0.356 e. The molecular formula is C19H24N4OS. The number of carbonyl (C=O) groups excluding carboxylic acids is 1. The van der Waals surface area contributed by atoms with Crippen LogP contribution in [0.3, 0.4) is 0 Å². The molecule has 0 saturated carbocycles. The van der Waals surface area contributed by atoms with Crippen LogP contribution in [0.4, 0.5) is 5.82 Å². The van der Waals surface area contributed by atoms with E-state index in [1.54, 1.807) is 11.8 Å². The van der Waals surface area contributed by atoms with Gasteiger partial charge in [0.15, 0.2) is 5.16 Å². The maximum absolute atomic E-state index is 11.8. The summed E-state index contributed by atoms with van der Waals surface area (Å²) in [7, 11) is 0. The number of nitrogens with zero attached hydrogens (tertiary/aromatic N) is 3. The lowest BCUT2D eigenvalue weighted by atomic mass is 10.1. The fourth-order valence-corrected chi connectivity index (χ4v) is 3.72. The monoisotopic (exact) mass is 356 g/mol. The van der Waals surface area contributed by atoms with Crippen LogP contribution in [0.5, 0.6) is 0 Å². The van der Waals surface area contributed by atoms with Crippen LogP contribution >= 0.6 is 11.8 Å². The molecule has 1 N–H and O–H groups in total. The quantitative estimate of drug-likeness (QED) is 0.635. The van der Waals surface area contributed by atoms with E-state index in [1.807, 2.05) is 38.1 Å². The zero-order chi connectivity index (χ0) is 17.6. The summed E-state index contributed by atoms with van der Waals surface area (Å²) in [6.07, 6.45) is 2.48. The zero-order valence-corrected chi connectivity index (χ0v) is 15.6. The van der Waals surface area contributed by atoms with E-state index in [9.17, 15) is 4.79 Å². The Balaban J connectivity index is 1.64. The fraction of sp³-hybridized carbons (Fsp3) is 0.421. The number of aryl methyl sites for hydroxylation is 1. The number of amides is 1. The first-order chi connectivity index (χ1) is 12.2. The predicted molar refractivity (Wildman–Crippen MR) is 102 cm³/mol. The number of benzene rings is 1. The Bertz CT molecular complexity index is 727. The third-order valence-corrected chi connectivity index (χ3v) is 5.09.